The first-order chi connectivity index (χ1) is 11.2. The highest BCUT2D eigenvalue weighted by Gasteiger charge is 2.30. The lowest BCUT2D eigenvalue weighted by molar-refractivity contribution is 0.185. The van der Waals surface area contributed by atoms with Gasteiger partial charge in [-0.2, -0.15) is 0 Å². The van der Waals surface area contributed by atoms with Gasteiger partial charge in [-0.05, 0) is 18.9 Å². The van der Waals surface area contributed by atoms with Gasteiger partial charge in [0, 0.05) is 41.0 Å². The van der Waals surface area contributed by atoms with E-state index in [1.807, 2.05) is 31.2 Å². The average Bonchev–Trinajstić information content (AvgIpc) is 2.56. The van der Waals surface area contributed by atoms with Crippen molar-refractivity contribution in [2.45, 2.75) is 50.5 Å². The number of nitrogens with one attached hydrogen (secondary N) is 2. The lowest BCUT2D eigenvalue weighted by atomic mass is 9.95. The Balaban J connectivity index is 1.99. The maximum absolute atomic E-state index is 12.3. The summed E-state index contributed by atoms with van der Waals surface area (Å²) in [4.78, 5) is 12.3. The van der Waals surface area contributed by atoms with Gasteiger partial charge in [-0.3, -0.25) is 4.21 Å². The fourth-order valence-electron chi connectivity index (χ4n) is 3.04. The van der Waals surface area contributed by atoms with Gasteiger partial charge in [0.2, 0.25) is 0 Å². The summed E-state index contributed by atoms with van der Waals surface area (Å²) in [6, 6.07) is 7.33. The van der Waals surface area contributed by atoms with Crippen LogP contribution in [0.2, 0.25) is 0 Å². The summed E-state index contributed by atoms with van der Waals surface area (Å²) >= 11 is 0. The standard InChI is InChI=1S/C17H26N2O3S/c1-3-23(21)16-11-7-6-10-15(16)19-17(20)18-14-9-5-4-8-13(14)12-22-2/h4-5,8-9,15-16H,3,6-7,10-12H2,1-2H3,(H2,18,19,20)/t15-,16+,23+/m0/s1. The Bertz CT molecular complexity index is 550. The molecule has 5 nitrogen and oxygen atoms in total. The van der Waals surface area contributed by atoms with Crippen molar-refractivity contribution in [3.8, 4) is 0 Å². The van der Waals surface area contributed by atoms with Crippen LogP contribution in [0.25, 0.3) is 0 Å². The minimum absolute atomic E-state index is 0.0147. The first-order valence-corrected chi connectivity index (χ1v) is 9.55. The first kappa shape index (κ1) is 17.9. The number of hydrogen-bond donors (Lipinski definition) is 2. The fourth-order valence-corrected chi connectivity index (χ4v) is 4.47. The van der Waals surface area contributed by atoms with Crippen LogP contribution in [0.4, 0.5) is 10.5 Å². The van der Waals surface area contributed by atoms with Gasteiger partial charge in [0.05, 0.1) is 11.9 Å². The summed E-state index contributed by atoms with van der Waals surface area (Å²) in [7, 11) is 0.752. The summed E-state index contributed by atoms with van der Waals surface area (Å²) < 4.78 is 17.3. The highest BCUT2D eigenvalue weighted by molar-refractivity contribution is 7.85. The van der Waals surface area contributed by atoms with Crippen molar-refractivity contribution in [1.29, 1.82) is 0 Å². The zero-order valence-electron chi connectivity index (χ0n) is 13.8. The van der Waals surface area contributed by atoms with Gasteiger partial charge in [-0.1, -0.05) is 38.0 Å². The second-order valence-corrected chi connectivity index (χ2v) is 7.73. The van der Waals surface area contributed by atoms with Gasteiger partial charge in [0.1, 0.15) is 0 Å². The van der Waals surface area contributed by atoms with Gasteiger partial charge in [-0.25, -0.2) is 4.79 Å². The molecule has 2 N–H and O–H groups in total. The molecule has 0 aliphatic heterocycles. The Morgan fingerprint density at radius 1 is 1.30 bits per heavy atom. The van der Waals surface area contributed by atoms with Crippen LogP contribution < -0.4 is 10.6 Å². The molecule has 0 heterocycles. The smallest absolute Gasteiger partial charge is 0.319 e. The molecule has 1 aliphatic rings. The largest absolute Gasteiger partial charge is 0.380 e. The van der Waals surface area contributed by atoms with E-state index in [0.717, 1.165) is 36.9 Å². The normalized spacial score (nSPS) is 22.3. The number of para-hydroxylation sites is 1. The van der Waals surface area contributed by atoms with Crippen molar-refractivity contribution in [2.75, 3.05) is 18.2 Å². The maximum atomic E-state index is 12.3. The van der Waals surface area contributed by atoms with Crippen LogP contribution >= 0.6 is 0 Å². The summed E-state index contributed by atoms with van der Waals surface area (Å²) in [6.45, 7) is 2.38. The maximum Gasteiger partial charge on any atom is 0.319 e. The Morgan fingerprint density at radius 2 is 2.04 bits per heavy atom. The van der Waals surface area contributed by atoms with Crippen LogP contribution in [0, 0.1) is 0 Å². The molecule has 0 saturated heterocycles. The summed E-state index contributed by atoms with van der Waals surface area (Å²) in [5.74, 6) is 0.640. The van der Waals surface area contributed by atoms with Gasteiger partial charge < -0.3 is 15.4 Å². The third-order valence-electron chi connectivity index (χ3n) is 4.21. The lowest BCUT2D eigenvalue weighted by Gasteiger charge is -2.31. The molecule has 2 amide bonds. The van der Waals surface area contributed by atoms with E-state index in [4.69, 9.17) is 4.74 Å². The van der Waals surface area contributed by atoms with Crippen LogP contribution in [0.3, 0.4) is 0 Å². The molecule has 0 spiro atoms. The van der Waals surface area contributed by atoms with Crippen LogP contribution in [0.5, 0.6) is 0 Å². The molecule has 1 aromatic carbocycles. The number of methoxy groups -OCH3 is 1. The van der Waals surface area contributed by atoms with Crippen molar-refractivity contribution in [3.05, 3.63) is 29.8 Å². The van der Waals surface area contributed by atoms with E-state index in [2.05, 4.69) is 10.6 Å². The molecule has 128 valence electrons. The SMILES string of the molecule is CC[S@@](=O)[C@@H]1CCCC[C@@H]1NC(=O)Nc1ccccc1COC. The number of rotatable bonds is 6. The minimum atomic E-state index is -0.876. The van der Waals surface area contributed by atoms with Gasteiger partial charge in [0.15, 0.2) is 0 Å². The Kier molecular flexibility index (Phi) is 7.05. The molecule has 1 fully saturated rings. The molecular formula is C17H26N2O3S. The summed E-state index contributed by atoms with van der Waals surface area (Å²) in [5, 5.41) is 5.97. The molecule has 1 aliphatic carbocycles. The summed E-state index contributed by atoms with van der Waals surface area (Å²) in [6.07, 6.45) is 3.98. The number of anilines is 1. The highest BCUT2D eigenvalue weighted by atomic mass is 32.2. The number of carbonyl (C=O) groups excluding carboxylic acids is 1. The number of urea groups is 1. The van der Waals surface area contributed by atoms with Crippen LogP contribution in [0.1, 0.15) is 38.2 Å². The molecule has 0 unspecified atom stereocenters. The van der Waals surface area contributed by atoms with Gasteiger partial charge in [0.25, 0.3) is 0 Å². The predicted octanol–water partition coefficient (Wildman–Crippen LogP) is 3.03. The van der Waals surface area contributed by atoms with Crippen molar-refractivity contribution in [2.24, 2.45) is 0 Å². The van der Waals surface area contributed by atoms with Crippen molar-refractivity contribution in [3.63, 3.8) is 0 Å². The van der Waals surface area contributed by atoms with Crippen LogP contribution in [-0.4, -0.2) is 34.4 Å². The van der Waals surface area contributed by atoms with E-state index in [1.165, 1.54) is 0 Å². The molecule has 1 aromatic rings. The average molecular weight is 338 g/mol. The molecule has 3 atom stereocenters. The quantitative estimate of drug-likeness (QED) is 0.838. The number of ether oxygens (including phenoxy) is 1. The fraction of sp³-hybridized carbons (Fsp3) is 0.588. The lowest BCUT2D eigenvalue weighted by Crippen LogP contribution is -2.48. The van der Waals surface area contributed by atoms with Crippen molar-refractivity contribution >= 4 is 22.5 Å². The third-order valence-corrected chi connectivity index (χ3v) is 6.02. The van der Waals surface area contributed by atoms with Gasteiger partial charge in [-0.15, -0.1) is 0 Å². The van der Waals surface area contributed by atoms with E-state index < -0.39 is 10.8 Å². The molecule has 0 radical (unpaired) electrons. The molecular weight excluding hydrogens is 312 g/mol. The van der Waals surface area contributed by atoms with Crippen molar-refractivity contribution < 1.29 is 13.7 Å². The zero-order valence-corrected chi connectivity index (χ0v) is 14.7. The molecule has 6 heteroatoms. The van der Waals surface area contributed by atoms with E-state index in [9.17, 15) is 9.00 Å². The Hall–Kier alpha value is -1.40. The topological polar surface area (TPSA) is 67.4 Å². The van der Waals surface area contributed by atoms with E-state index in [1.54, 1.807) is 7.11 Å². The predicted molar refractivity (Wildman–Crippen MR) is 94.0 cm³/mol. The molecule has 23 heavy (non-hydrogen) atoms. The highest BCUT2D eigenvalue weighted by Crippen LogP contribution is 2.23. The minimum Gasteiger partial charge on any atom is -0.380 e. The molecule has 1 saturated carbocycles. The van der Waals surface area contributed by atoms with E-state index in [0.29, 0.717) is 12.4 Å². The number of carbonyl (C=O) groups is 1. The summed E-state index contributed by atoms with van der Waals surface area (Å²) in [5.41, 5.74) is 1.68. The Labute approximate surface area is 140 Å². The molecule has 0 aromatic heterocycles. The second-order valence-electron chi connectivity index (χ2n) is 5.79. The molecule has 0 bridgehead atoms. The number of hydrogen-bond acceptors (Lipinski definition) is 3. The van der Waals surface area contributed by atoms with Gasteiger partial charge >= 0.3 is 6.03 Å². The van der Waals surface area contributed by atoms with E-state index in [-0.39, 0.29) is 17.3 Å². The molecule has 2 rings (SSSR count). The van der Waals surface area contributed by atoms with E-state index >= 15 is 0 Å². The Morgan fingerprint density at radius 3 is 2.78 bits per heavy atom. The zero-order chi connectivity index (χ0) is 16.7. The number of amides is 2. The third kappa shape index (κ3) is 5.04. The monoisotopic (exact) mass is 338 g/mol. The van der Waals surface area contributed by atoms with Crippen molar-refractivity contribution in [1.82, 2.24) is 5.32 Å². The number of benzene rings is 1. The van der Waals surface area contributed by atoms with Crippen LogP contribution in [0.15, 0.2) is 24.3 Å². The van der Waals surface area contributed by atoms with Crippen LogP contribution in [-0.2, 0) is 22.1 Å². The first-order valence-electron chi connectivity index (χ1n) is 8.17. The second kappa shape index (κ2) is 9.03.